The van der Waals surface area contributed by atoms with Gasteiger partial charge in [-0.3, -0.25) is 38.5 Å². The van der Waals surface area contributed by atoms with Gasteiger partial charge in [0.2, 0.25) is 41.0 Å². The van der Waals surface area contributed by atoms with Gasteiger partial charge in [-0.05, 0) is 56.5 Å². The number of amides is 6. The van der Waals surface area contributed by atoms with E-state index in [0.29, 0.717) is 97.1 Å². The number of aliphatic hydroxyl groups is 1. The number of H-pyrrole nitrogens is 1. The number of thiazole rings is 1. The Morgan fingerprint density at radius 1 is 0.745 bits per heavy atom. The number of nitrogens with one attached hydrogen (secondary N) is 5. The SMILES string of the molecule is Cc1ncsc1-c1ccc(CNC(=O)[C@@H]2C[C@@H](O)CN2C(=O)[C@@H](NC(=O)CCOCCOCCOCCOCCOCCNC(=O)CCC(=O)N2CCN(c3ncc(-c4cc(NC(=O)c5c[nH]c(=O)cc5C(F)(F)F)c(N5C[C@@H](C)N(C)[C@@H](C)C5)cc4F)cn3)CC2)C(C)(C)C)cc1. The number of β-amino-alcohol motifs (C(OH)–C–C–N with tert-alkyl or cyclic N) is 1. The quantitative estimate of drug-likeness (QED) is 0.0243. The number of aromatic amines is 1. The summed E-state index contributed by atoms with van der Waals surface area (Å²) in [4.78, 5) is 117. The van der Waals surface area contributed by atoms with Gasteiger partial charge in [0, 0.05) is 132 Å². The van der Waals surface area contributed by atoms with Crippen molar-refractivity contribution in [1.29, 1.82) is 0 Å². The van der Waals surface area contributed by atoms with E-state index >= 15 is 4.39 Å². The molecule has 8 rings (SSSR count). The summed E-state index contributed by atoms with van der Waals surface area (Å²) >= 11 is 1.56. The molecule has 31 heteroatoms. The average Bonchev–Trinajstić information content (AvgIpc) is 0.790. The zero-order valence-corrected chi connectivity index (χ0v) is 57.2. The summed E-state index contributed by atoms with van der Waals surface area (Å²) in [6.07, 6.45) is -2.35. The van der Waals surface area contributed by atoms with Crippen molar-refractivity contribution in [2.45, 2.75) is 110 Å². The minimum Gasteiger partial charge on any atom is -0.391 e. The zero-order valence-electron chi connectivity index (χ0n) is 56.3. The molecular formula is C67H89F4N13O13S. The van der Waals surface area contributed by atoms with Gasteiger partial charge in [-0.15, -0.1) is 11.3 Å². The Hall–Kier alpha value is -8.04. The topological polar surface area (TPSA) is 305 Å². The van der Waals surface area contributed by atoms with Gasteiger partial charge in [0.15, 0.2) is 0 Å². The first-order valence-electron chi connectivity index (χ1n) is 32.7. The Kier molecular flexibility index (Phi) is 27.5. The number of aliphatic hydroxyl groups excluding tert-OH is 1. The number of aromatic nitrogens is 4. The molecule has 0 spiro atoms. The van der Waals surface area contributed by atoms with Crippen LogP contribution in [0.1, 0.15) is 87.5 Å². The summed E-state index contributed by atoms with van der Waals surface area (Å²) in [5.74, 6) is -3.26. The second-order valence-electron chi connectivity index (χ2n) is 25.4. The molecule has 6 N–H and O–H groups in total. The summed E-state index contributed by atoms with van der Waals surface area (Å²) in [5, 5.41) is 21.6. The maximum absolute atomic E-state index is 16.2. The predicted molar refractivity (Wildman–Crippen MR) is 358 cm³/mol. The standard InChI is InChI=1S/C67H89F4N13O13S/c1-42-38-83(39-43(2)80(42)7)54-33-52(68)49(31-53(54)78-62(90)50-37-73-58(88)32-51(50)67(69,70)71)47-35-75-65(76-36-47)82-18-16-81(17-19-82)59(89)13-12-56(86)72-15-21-94-23-25-96-27-29-97-28-26-95-24-22-93-20-14-57(87)79-61(66(4,5)6)64(92)84-40-48(85)30-55(84)63(91)74-34-45-8-10-46(11-9-45)60-44(3)77-41-98-60/h8-11,31-33,35-37,41-43,48,55,61,85H,12-30,34,38-40H2,1-7H3,(H,72,86)(H,73,88)(H,74,91)(H,78,90)(H,79,87)/t42-,43+,48-,55+,61-/m1/s1. The number of alkyl halides is 3. The third-order valence-electron chi connectivity index (χ3n) is 17.2. The lowest BCUT2D eigenvalue weighted by Gasteiger charge is -2.44. The van der Waals surface area contributed by atoms with Gasteiger partial charge in [0.05, 0.1) is 111 Å². The van der Waals surface area contributed by atoms with Gasteiger partial charge < -0.3 is 74.6 Å². The number of halogens is 4. The number of benzene rings is 2. The minimum absolute atomic E-state index is 0.00328. The number of carbonyl (C=O) groups is 6. The molecule has 3 aliphatic heterocycles. The van der Waals surface area contributed by atoms with E-state index in [1.165, 1.54) is 29.4 Å². The van der Waals surface area contributed by atoms with E-state index in [9.17, 15) is 51.8 Å². The lowest BCUT2D eigenvalue weighted by molar-refractivity contribution is -0.144. The fraction of sp³-hybridized carbons (Fsp3) is 0.552. The van der Waals surface area contributed by atoms with Crippen molar-refractivity contribution >= 4 is 64.1 Å². The van der Waals surface area contributed by atoms with E-state index in [-0.39, 0.29) is 124 Å². The number of rotatable bonds is 32. The molecule has 26 nitrogen and oxygen atoms in total. The molecule has 534 valence electrons. The smallest absolute Gasteiger partial charge is 0.391 e. The third kappa shape index (κ3) is 21.5. The van der Waals surface area contributed by atoms with Crippen LogP contribution in [-0.2, 0) is 60.4 Å². The van der Waals surface area contributed by atoms with Crippen LogP contribution in [0.2, 0.25) is 0 Å². The molecule has 98 heavy (non-hydrogen) atoms. The molecule has 3 aliphatic rings. The van der Waals surface area contributed by atoms with Crippen LogP contribution in [-0.4, -0.2) is 231 Å². The Bertz CT molecular complexity index is 3540. The molecule has 3 saturated heterocycles. The molecule has 2 aromatic carbocycles. The van der Waals surface area contributed by atoms with Crippen molar-refractivity contribution < 1.29 is 75.1 Å². The van der Waals surface area contributed by atoms with Crippen molar-refractivity contribution in [2.24, 2.45) is 5.41 Å². The Morgan fingerprint density at radius 3 is 1.95 bits per heavy atom. The van der Waals surface area contributed by atoms with Gasteiger partial charge in [-0.25, -0.2) is 19.3 Å². The van der Waals surface area contributed by atoms with Gasteiger partial charge in [-0.1, -0.05) is 45.0 Å². The first-order chi connectivity index (χ1) is 46.7. The van der Waals surface area contributed by atoms with Crippen molar-refractivity contribution in [3.05, 3.63) is 105 Å². The number of likely N-dealkylation sites (N-methyl/N-ethyl adjacent to an activating group) is 1. The number of hydrogen-bond acceptors (Lipinski definition) is 20. The number of pyridine rings is 1. The Morgan fingerprint density at radius 2 is 1.36 bits per heavy atom. The van der Waals surface area contributed by atoms with E-state index < -0.39 is 70.0 Å². The first-order valence-corrected chi connectivity index (χ1v) is 33.6. The van der Waals surface area contributed by atoms with Crippen LogP contribution in [0.5, 0.6) is 0 Å². The highest BCUT2D eigenvalue weighted by molar-refractivity contribution is 7.13. The third-order valence-corrected chi connectivity index (χ3v) is 18.2. The zero-order chi connectivity index (χ0) is 70.7. The average molecular weight is 1390 g/mol. The van der Waals surface area contributed by atoms with Gasteiger partial charge in [-0.2, -0.15) is 13.2 Å². The molecule has 3 fully saturated rings. The number of nitrogens with zero attached hydrogens (tertiary/aromatic N) is 8. The normalized spacial score (nSPS) is 18.0. The fourth-order valence-corrected chi connectivity index (χ4v) is 12.3. The predicted octanol–water partition coefficient (Wildman–Crippen LogP) is 5.03. The highest BCUT2D eigenvalue weighted by atomic mass is 32.1. The van der Waals surface area contributed by atoms with E-state index in [1.807, 2.05) is 82.7 Å². The second kappa shape index (κ2) is 35.6. The van der Waals surface area contributed by atoms with E-state index in [4.69, 9.17) is 23.7 Å². The number of ether oxygens (including phenoxy) is 5. The first kappa shape index (κ1) is 75.7. The van der Waals surface area contributed by atoms with E-state index in [0.717, 1.165) is 21.7 Å². The van der Waals surface area contributed by atoms with Gasteiger partial charge in [0.1, 0.15) is 17.9 Å². The van der Waals surface area contributed by atoms with E-state index in [2.05, 4.69) is 46.1 Å². The summed E-state index contributed by atoms with van der Waals surface area (Å²) in [5.41, 5.74) is 1.17. The highest BCUT2D eigenvalue weighted by Gasteiger charge is 2.45. The number of carbonyl (C=O) groups excluding carboxylic acids is 6. The maximum Gasteiger partial charge on any atom is 0.417 e. The van der Waals surface area contributed by atoms with Crippen LogP contribution >= 0.6 is 11.3 Å². The number of likely N-dealkylation sites (tertiary alicyclic amines) is 1. The summed E-state index contributed by atoms with van der Waals surface area (Å²) in [7, 11) is 1.96. The molecule has 0 saturated carbocycles. The molecule has 0 aliphatic carbocycles. The fourth-order valence-electron chi connectivity index (χ4n) is 11.5. The molecule has 0 unspecified atom stereocenters. The lowest BCUT2D eigenvalue weighted by atomic mass is 9.85. The van der Waals surface area contributed by atoms with E-state index in [1.54, 1.807) is 21.7 Å². The molecule has 0 radical (unpaired) electrons. The Balaban J connectivity index is 0.634. The van der Waals surface area contributed by atoms with Crippen molar-refractivity contribution in [1.82, 2.24) is 50.6 Å². The summed E-state index contributed by atoms with van der Waals surface area (Å²) in [6.45, 7) is 16.8. The monoisotopic (exact) mass is 1390 g/mol. The van der Waals surface area contributed by atoms with Gasteiger partial charge >= 0.3 is 6.18 Å². The highest BCUT2D eigenvalue weighted by Crippen LogP contribution is 2.38. The largest absolute Gasteiger partial charge is 0.417 e. The number of piperazine rings is 2. The minimum atomic E-state index is -5.01. The molecule has 6 heterocycles. The van der Waals surface area contributed by atoms with Crippen molar-refractivity contribution in [2.75, 3.05) is 141 Å². The molecule has 3 aromatic heterocycles. The molecule has 6 amide bonds. The summed E-state index contributed by atoms with van der Waals surface area (Å²) in [6, 6.07) is 8.84. The molecular weight excluding hydrogens is 1300 g/mol. The van der Waals surface area contributed by atoms with Crippen LogP contribution in [0.15, 0.2) is 71.4 Å². The number of aryl methyl sites for hydroxylation is 1. The van der Waals surface area contributed by atoms with Crippen molar-refractivity contribution in [3.63, 3.8) is 0 Å². The molecule has 5 atom stereocenters. The van der Waals surface area contributed by atoms with Crippen LogP contribution in [0.3, 0.4) is 0 Å². The van der Waals surface area contributed by atoms with Gasteiger partial charge in [0.25, 0.3) is 5.91 Å². The number of hydrogen-bond donors (Lipinski definition) is 6. The molecule has 5 aromatic rings. The van der Waals surface area contributed by atoms with Crippen LogP contribution in [0, 0.1) is 18.2 Å². The van der Waals surface area contributed by atoms with Crippen molar-refractivity contribution in [3.8, 4) is 21.6 Å². The maximum atomic E-state index is 16.2. The summed E-state index contributed by atoms with van der Waals surface area (Å²) < 4.78 is 85.9. The van der Waals surface area contributed by atoms with Crippen LogP contribution < -0.4 is 36.6 Å². The lowest BCUT2D eigenvalue weighted by Crippen LogP contribution is -2.57. The van der Waals surface area contributed by atoms with Crippen LogP contribution in [0.25, 0.3) is 21.6 Å². The molecule has 0 bridgehead atoms. The second-order valence-corrected chi connectivity index (χ2v) is 26.3. The number of anilines is 3. The Labute approximate surface area is 570 Å². The van der Waals surface area contributed by atoms with Crippen LogP contribution in [0.4, 0.5) is 34.9 Å².